The third-order valence-electron chi connectivity index (χ3n) is 5.44. The van der Waals surface area contributed by atoms with E-state index in [2.05, 4.69) is 0 Å². The third-order valence-corrected chi connectivity index (χ3v) is 6.88. The molecule has 29 heavy (non-hydrogen) atoms. The van der Waals surface area contributed by atoms with Crippen molar-refractivity contribution in [2.45, 2.75) is 32.7 Å². The van der Waals surface area contributed by atoms with Crippen molar-refractivity contribution in [1.82, 2.24) is 4.90 Å². The van der Waals surface area contributed by atoms with Gasteiger partial charge >= 0.3 is 6.03 Å². The van der Waals surface area contributed by atoms with Gasteiger partial charge in [-0.2, -0.15) is 0 Å². The maximum Gasteiger partial charge on any atom is 0.332 e. The summed E-state index contributed by atoms with van der Waals surface area (Å²) in [4.78, 5) is 31.1. The van der Waals surface area contributed by atoms with Crippen LogP contribution in [0.1, 0.15) is 26.3 Å². The van der Waals surface area contributed by atoms with Gasteiger partial charge in [-0.05, 0) is 61.1 Å². The maximum absolute atomic E-state index is 13.5. The molecule has 0 aliphatic carbocycles. The van der Waals surface area contributed by atoms with E-state index in [1.165, 1.54) is 4.90 Å². The van der Waals surface area contributed by atoms with Crippen LogP contribution in [0.5, 0.6) is 5.75 Å². The van der Waals surface area contributed by atoms with Crippen molar-refractivity contribution in [3.63, 3.8) is 0 Å². The SMILES string of the molecule is CCOc1ccc(N2C(=O)C3C(C)=C(C)SC3N(Cc3ccccc3)C2=O)cc1. The molecule has 2 aliphatic rings. The Kier molecular flexibility index (Phi) is 5.37. The minimum Gasteiger partial charge on any atom is -0.494 e. The molecule has 0 spiro atoms. The zero-order valence-corrected chi connectivity index (χ0v) is 17.6. The van der Waals surface area contributed by atoms with Gasteiger partial charge in [0.25, 0.3) is 0 Å². The number of amides is 3. The fourth-order valence-electron chi connectivity index (χ4n) is 3.83. The lowest BCUT2D eigenvalue weighted by Crippen LogP contribution is -2.59. The van der Waals surface area contributed by atoms with E-state index >= 15 is 0 Å². The summed E-state index contributed by atoms with van der Waals surface area (Å²) in [5.41, 5.74) is 2.66. The van der Waals surface area contributed by atoms with E-state index in [0.717, 1.165) is 21.8 Å². The highest BCUT2D eigenvalue weighted by atomic mass is 32.2. The molecule has 2 aromatic carbocycles. The summed E-state index contributed by atoms with van der Waals surface area (Å²) >= 11 is 1.62. The Bertz CT molecular complexity index is 956. The lowest BCUT2D eigenvalue weighted by atomic mass is 9.95. The van der Waals surface area contributed by atoms with Crippen molar-refractivity contribution in [2.75, 3.05) is 11.5 Å². The van der Waals surface area contributed by atoms with Crippen molar-refractivity contribution >= 4 is 29.4 Å². The zero-order valence-electron chi connectivity index (χ0n) is 16.8. The molecule has 2 aliphatic heterocycles. The molecule has 0 bridgehead atoms. The van der Waals surface area contributed by atoms with Gasteiger partial charge in [-0.3, -0.25) is 4.79 Å². The highest BCUT2D eigenvalue weighted by Crippen LogP contribution is 2.47. The molecule has 4 rings (SSSR count). The van der Waals surface area contributed by atoms with Gasteiger partial charge in [0.2, 0.25) is 5.91 Å². The number of anilines is 1. The molecule has 0 N–H and O–H groups in total. The average molecular weight is 409 g/mol. The molecular formula is C23H24N2O3S. The van der Waals surface area contributed by atoms with Crippen LogP contribution in [-0.2, 0) is 11.3 Å². The van der Waals surface area contributed by atoms with Crippen molar-refractivity contribution in [2.24, 2.45) is 5.92 Å². The Morgan fingerprint density at radius 2 is 1.69 bits per heavy atom. The molecule has 0 radical (unpaired) electrons. The molecule has 2 heterocycles. The first-order valence-corrected chi connectivity index (χ1v) is 10.6. The highest BCUT2D eigenvalue weighted by molar-refractivity contribution is 8.03. The number of fused-ring (bicyclic) bond motifs is 1. The van der Waals surface area contributed by atoms with Gasteiger partial charge in [0.15, 0.2) is 0 Å². The molecule has 2 aromatic rings. The van der Waals surface area contributed by atoms with Gasteiger partial charge in [0.05, 0.1) is 23.6 Å². The summed E-state index contributed by atoms with van der Waals surface area (Å²) in [6.07, 6.45) is 0. The number of thioether (sulfide) groups is 1. The molecule has 2 atom stereocenters. The van der Waals surface area contributed by atoms with Crippen LogP contribution in [0.15, 0.2) is 65.1 Å². The monoisotopic (exact) mass is 408 g/mol. The molecule has 1 saturated heterocycles. The molecule has 0 aromatic heterocycles. The number of carbonyl (C=O) groups is 2. The second-order valence-corrected chi connectivity index (χ2v) is 8.55. The van der Waals surface area contributed by atoms with Crippen molar-refractivity contribution in [1.29, 1.82) is 0 Å². The Morgan fingerprint density at radius 1 is 1.00 bits per heavy atom. The smallest absolute Gasteiger partial charge is 0.332 e. The first kappa shape index (κ1) is 19.6. The molecule has 150 valence electrons. The minimum atomic E-state index is -0.326. The highest BCUT2D eigenvalue weighted by Gasteiger charge is 2.51. The summed E-state index contributed by atoms with van der Waals surface area (Å²) in [5, 5.41) is -0.200. The van der Waals surface area contributed by atoms with E-state index in [1.807, 2.05) is 56.0 Å². The summed E-state index contributed by atoms with van der Waals surface area (Å²) in [6, 6.07) is 16.8. The van der Waals surface area contributed by atoms with Gasteiger partial charge in [0, 0.05) is 6.54 Å². The Balaban J connectivity index is 1.71. The van der Waals surface area contributed by atoms with Crippen LogP contribution in [-0.4, -0.2) is 28.8 Å². The fraction of sp³-hybridized carbons (Fsp3) is 0.304. The Labute approximate surface area is 175 Å². The normalized spacial score (nSPS) is 21.6. The minimum absolute atomic E-state index is 0.157. The number of benzene rings is 2. The predicted octanol–water partition coefficient (Wildman–Crippen LogP) is 5.04. The lowest BCUT2D eigenvalue weighted by molar-refractivity contribution is -0.122. The predicted molar refractivity (Wildman–Crippen MR) is 116 cm³/mol. The van der Waals surface area contributed by atoms with Crippen molar-refractivity contribution in [3.05, 3.63) is 70.6 Å². The van der Waals surface area contributed by atoms with Gasteiger partial charge in [-0.15, -0.1) is 11.8 Å². The quantitative estimate of drug-likeness (QED) is 0.696. The van der Waals surface area contributed by atoms with Crippen LogP contribution in [0.25, 0.3) is 0 Å². The molecule has 3 amide bonds. The number of ether oxygens (including phenoxy) is 1. The van der Waals surface area contributed by atoms with E-state index in [0.29, 0.717) is 18.8 Å². The van der Waals surface area contributed by atoms with Crippen molar-refractivity contribution in [3.8, 4) is 5.75 Å². The number of rotatable bonds is 5. The van der Waals surface area contributed by atoms with Crippen LogP contribution < -0.4 is 9.64 Å². The van der Waals surface area contributed by atoms with E-state index in [9.17, 15) is 9.59 Å². The number of urea groups is 1. The summed E-state index contributed by atoms with van der Waals surface area (Å²) in [7, 11) is 0. The molecular weight excluding hydrogens is 384 g/mol. The van der Waals surface area contributed by atoms with Gasteiger partial charge in [-0.25, -0.2) is 9.69 Å². The summed E-state index contributed by atoms with van der Waals surface area (Å²) in [5.74, 6) is 0.235. The van der Waals surface area contributed by atoms with E-state index in [4.69, 9.17) is 4.74 Å². The van der Waals surface area contributed by atoms with Crippen LogP contribution in [0.4, 0.5) is 10.5 Å². The zero-order chi connectivity index (χ0) is 20.5. The number of hydrogen-bond acceptors (Lipinski definition) is 4. The molecule has 2 unspecified atom stereocenters. The fourth-order valence-corrected chi connectivity index (χ4v) is 5.25. The molecule has 5 nitrogen and oxygen atoms in total. The number of nitrogens with zero attached hydrogens (tertiary/aromatic N) is 2. The van der Waals surface area contributed by atoms with Crippen LogP contribution in [0.2, 0.25) is 0 Å². The summed E-state index contributed by atoms with van der Waals surface area (Å²) in [6.45, 7) is 6.98. The van der Waals surface area contributed by atoms with Gasteiger partial charge < -0.3 is 9.64 Å². The first-order chi connectivity index (χ1) is 14.0. The first-order valence-electron chi connectivity index (χ1n) is 9.76. The van der Waals surface area contributed by atoms with E-state index in [-0.39, 0.29) is 23.2 Å². The molecule has 6 heteroatoms. The van der Waals surface area contributed by atoms with Crippen LogP contribution >= 0.6 is 11.8 Å². The Morgan fingerprint density at radius 3 is 2.34 bits per heavy atom. The maximum atomic E-state index is 13.5. The van der Waals surface area contributed by atoms with Crippen LogP contribution in [0, 0.1) is 5.92 Å². The van der Waals surface area contributed by atoms with E-state index < -0.39 is 0 Å². The Hall–Kier alpha value is -2.73. The largest absolute Gasteiger partial charge is 0.494 e. The average Bonchev–Trinajstić information content (AvgIpc) is 3.02. The van der Waals surface area contributed by atoms with Gasteiger partial charge in [-0.1, -0.05) is 30.3 Å². The number of imide groups is 1. The standard InChI is InChI=1S/C23H24N2O3S/c1-4-28-19-12-10-18(11-13-19)25-21(26)20-15(2)16(3)29-22(20)24(23(25)27)14-17-8-6-5-7-9-17/h5-13,20,22H,4,14H2,1-3H3. The number of carbonyl (C=O) groups excluding carboxylic acids is 2. The second kappa shape index (κ2) is 7.95. The molecule has 1 fully saturated rings. The molecule has 0 saturated carbocycles. The lowest BCUT2D eigenvalue weighted by Gasteiger charge is -2.42. The second-order valence-electron chi connectivity index (χ2n) is 7.22. The van der Waals surface area contributed by atoms with Crippen molar-refractivity contribution < 1.29 is 14.3 Å². The van der Waals surface area contributed by atoms with Gasteiger partial charge in [0.1, 0.15) is 5.75 Å². The van der Waals surface area contributed by atoms with Crippen LogP contribution in [0.3, 0.4) is 0 Å². The van der Waals surface area contributed by atoms with E-state index in [1.54, 1.807) is 36.0 Å². The number of hydrogen-bond donors (Lipinski definition) is 0. The number of allylic oxidation sites excluding steroid dienone is 1. The topological polar surface area (TPSA) is 49.9 Å². The third kappa shape index (κ3) is 3.53. The summed E-state index contributed by atoms with van der Waals surface area (Å²) < 4.78 is 5.49.